The largest absolute Gasteiger partial charge is 0.490 e. The van der Waals surface area contributed by atoms with Crippen molar-refractivity contribution >= 4 is 27.2 Å². The minimum Gasteiger partial charge on any atom is -0.490 e. The Morgan fingerprint density at radius 1 is 1.31 bits per heavy atom. The van der Waals surface area contributed by atoms with Gasteiger partial charge in [-0.15, -0.1) is 16.4 Å². The van der Waals surface area contributed by atoms with Crippen LogP contribution in [-0.2, 0) is 17.8 Å². The van der Waals surface area contributed by atoms with E-state index < -0.39 is 0 Å². The average molecular weight is 410 g/mol. The van der Waals surface area contributed by atoms with Crippen LogP contribution in [0.1, 0.15) is 38.1 Å². The molecule has 1 N–H and O–H groups in total. The first-order chi connectivity index (χ1) is 13.8. The van der Waals surface area contributed by atoms with Gasteiger partial charge in [-0.05, 0) is 45.4 Å². The van der Waals surface area contributed by atoms with E-state index in [1.165, 1.54) is 10.1 Å². The summed E-state index contributed by atoms with van der Waals surface area (Å²) in [6.07, 6.45) is 0.786. The van der Waals surface area contributed by atoms with E-state index in [1.54, 1.807) is 11.3 Å². The molecule has 0 spiro atoms. The number of aromatic nitrogens is 4. The van der Waals surface area contributed by atoms with Crippen LogP contribution in [0.2, 0.25) is 0 Å². The lowest BCUT2D eigenvalue weighted by molar-refractivity contribution is -0.0379. The number of hydrogen-bond donors (Lipinski definition) is 1. The average Bonchev–Trinajstić information content (AvgIpc) is 3.22. The summed E-state index contributed by atoms with van der Waals surface area (Å²) in [6, 6.07) is 7.64. The van der Waals surface area contributed by atoms with Gasteiger partial charge in [-0.25, -0.2) is 9.78 Å². The first kappa shape index (κ1) is 18.3. The number of H-pyrrole nitrogens is 1. The maximum Gasteiger partial charge on any atom is 0.349 e. The minimum atomic E-state index is -0.299. The third-order valence-corrected chi connectivity index (χ3v) is 6.14. The number of nitrogens with zero attached hydrogens (tertiary/aromatic N) is 3. The van der Waals surface area contributed by atoms with Crippen LogP contribution in [0.15, 0.2) is 29.1 Å². The molecule has 0 saturated carbocycles. The van der Waals surface area contributed by atoms with Gasteiger partial charge in [0.2, 0.25) is 0 Å². The molecule has 0 amide bonds. The van der Waals surface area contributed by atoms with Gasteiger partial charge in [-0.1, -0.05) is 12.1 Å². The van der Waals surface area contributed by atoms with Crippen LogP contribution >= 0.6 is 11.3 Å². The van der Waals surface area contributed by atoms with Gasteiger partial charge in [0.25, 0.3) is 0 Å². The number of ether oxygens (including phenoxy) is 2. The molecule has 0 aliphatic carbocycles. The Morgan fingerprint density at radius 3 is 2.90 bits per heavy atom. The smallest absolute Gasteiger partial charge is 0.349 e. The topological polar surface area (TPSA) is 81.5 Å². The van der Waals surface area contributed by atoms with E-state index in [2.05, 4.69) is 23.9 Å². The number of rotatable bonds is 3. The zero-order chi connectivity index (χ0) is 20.3. The molecule has 5 rings (SSSR count). The number of aromatic amines is 1. The predicted molar refractivity (Wildman–Crippen MR) is 113 cm³/mol. The molecule has 0 unspecified atom stereocenters. The molecule has 29 heavy (non-hydrogen) atoms. The van der Waals surface area contributed by atoms with Crippen molar-refractivity contribution in [2.45, 2.75) is 52.4 Å². The van der Waals surface area contributed by atoms with Crippen molar-refractivity contribution in [1.29, 1.82) is 0 Å². The van der Waals surface area contributed by atoms with Crippen LogP contribution in [-0.4, -0.2) is 31.3 Å². The highest BCUT2D eigenvalue weighted by atomic mass is 32.1. The van der Waals surface area contributed by atoms with Crippen molar-refractivity contribution < 1.29 is 9.47 Å². The summed E-state index contributed by atoms with van der Waals surface area (Å²) in [5, 5.41) is 5.48. The Hall–Kier alpha value is -2.71. The highest BCUT2D eigenvalue weighted by Gasteiger charge is 2.31. The summed E-state index contributed by atoms with van der Waals surface area (Å²) < 4.78 is 13.2. The van der Waals surface area contributed by atoms with Gasteiger partial charge >= 0.3 is 5.69 Å². The molecule has 8 heteroatoms. The third kappa shape index (κ3) is 3.03. The standard InChI is InChI=1S/C21H22N4O3S/c1-11(2)28-14-8-6-5-7-12(14)17-22-18-16-13-9-21(3,4)27-10-15(13)29-19(16)23-20(26)25(18)24-17/h5-8,11H,9-10H2,1-4H3,(H,23,26). The second kappa shape index (κ2) is 6.40. The van der Waals surface area contributed by atoms with Crippen molar-refractivity contribution in [2.75, 3.05) is 0 Å². The normalized spacial score (nSPS) is 15.9. The molecule has 1 aliphatic heterocycles. The van der Waals surface area contributed by atoms with Gasteiger partial charge in [0.1, 0.15) is 10.6 Å². The predicted octanol–water partition coefficient (Wildman–Crippen LogP) is 3.94. The van der Waals surface area contributed by atoms with E-state index in [0.29, 0.717) is 23.8 Å². The van der Waals surface area contributed by atoms with Crippen molar-refractivity contribution in [3.63, 3.8) is 0 Å². The monoisotopic (exact) mass is 410 g/mol. The minimum absolute atomic E-state index is 0.0226. The zero-order valence-electron chi connectivity index (χ0n) is 16.8. The van der Waals surface area contributed by atoms with Crippen LogP contribution in [0.3, 0.4) is 0 Å². The van der Waals surface area contributed by atoms with Crippen LogP contribution in [0.4, 0.5) is 0 Å². The highest BCUT2D eigenvalue weighted by molar-refractivity contribution is 7.19. The lowest BCUT2D eigenvalue weighted by Crippen LogP contribution is -2.31. The number of hydrogen-bond acceptors (Lipinski definition) is 6. The molecule has 0 radical (unpaired) electrons. The van der Waals surface area contributed by atoms with Gasteiger partial charge in [0, 0.05) is 11.3 Å². The molecule has 0 fully saturated rings. The van der Waals surface area contributed by atoms with E-state index in [9.17, 15) is 4.79 Å². The quantitative estimate of drug-likeness (QED) is 0.553. The van der Waals surface area contributed by atoms with Crippen molar-refractivity contribution in [1.82, 2.24) is 19.6 Å². The zero-order valence-corrected chi connectivity index (χ0v) is 17.6. The third-order valence-electron chi connectivity index (χ3n) is 5.02. The number of nitrogens with one attached hydrogen (secondary N) is 1. The molecule has 1 aromatic carbocycles. The summed E-state index contributed by atoms with van der Waals surface area (Å²) in [4.78, 5) is 22.4. The summed E-state index contributed by atoms with van der Waals surface area (Å²) in [5.41, 5.74) is 1.98. The first-order valence-electron chi connectivity index (χ1n) is 9.66. The number of para-hydroxylation sites is 1. The fourth-order valence-corrected chi connectivity index (χ4v) is 4.88. The Bertz CT molecular complexity index is 1300. The molecule has 0 atom stereocenters. The van der Waals surface area contributed by atoms with Crippen LogP contribution in [0.25, 0.3) is 27.3 Å². The van der Waals surface area contributed by atoms with E-state index in [1.807, 2.05) is 38.1 Å². The van der Waals surface area contributed by atoms with Gasteiger partial charge in [-0.2, -0.15) is 4.52 Å². The fraction of sp³-hybridized carbons (Fsp3) is 0.381. The first-order valence-corrected chi connectivity index (χ1v) is 10.5. The molecule has 0 saturated heterocycles. The van der Waals surface area contributed by atoms with Crippen molar-refractivity contribution in [3.8, 4) is 17.1 Å². The molecular weight excluding hydrogens is 388 g/mol. The fourth-order valence-electron chi connectivity index (χ4n) is 3.77. The molecular formula is C21H22N4O3S. The lowest BCUT2D eigenvalue weighted by Gasteiger charge is -2.30. The van der Waals surface area contributed by atoms with Gasteiger partial charge in [-0.3, -0.25) is 4.98 Å². The Labute approximate surface area is 171 Å². The van der Waals surface area contributed by atoms with E-state index >= 15 is 0 Å². The van der Waals surface area contributed by atoms with E-state index in [4.69, 9.17) is 14.5 Å². The lowest BCUT2D eigenvalue weighted by atomic mass is 9.94. The van der Waals surface area contributed by atoms with Crippen LogP contribution in [0, 0.1) is 0 Å². The van der Waals surface area contributed by atoms with Gasteiger partial charge in [0.15, 0.2) is 11.5 Å². The van der Waals surface area contributed by atoms with Crippen molar-refractivity contribution in [3.05, 3.63) is 45.2 Å². The molecule has 4 heterocycles. The molecule has 1 aliphatic rings. The summed E-state index contributed by atoms with van der Waals surface area (Å²) in [5.74, 6) is 1.18. The Kier molecular flexibility index (Phi) is 4.04. The molecule has 150 valence electrons. The van der Waals surface area contributed by atoms with E-state index in [-0.39, 0.29) is 17.4 Å². The van der Waals surface area contributed by atoms with Gasteiger partial charge < -0.3 is 9.47 Å². The maximum atomic E-state index is 12.7. The summed E-state index contributed by atoms with van der Waals surface area (Å²) in [7, 11) is 0. The molecule has 4 aromatic rings. The van der Waals surface area contributed by atoms with E-state index in [0.717, 1.165) is 27.1 Å². The highest BCUT2D eigenvalue weighted by Crippen LogP contribution is 2.39. The molecule has 0 bridgehead atoms. The van der Waals surface area contributed by atoms with Gasteiger partial charge in [0.05, 0.1) is 29.3 Å². The second-order valence-electron chi connectivity index (χ2n) is 8.20. The molecule has 3 aromatic heterocycles. The van der Waals surface area contributed by atoms with Crippen LogP contribution < -0.4 is 10.4 Å². The number of thiophene rings is 1. The summed E-state index contributed by atoms with van der Waals surface area (Å²) in [6.45, 7) is 8.66. The van der Waals surface area contributed by atoms with Crippen molar-refractivity contribution in [2.24, 2.45) is 0 Å². The van der Waals surface area contributed by atoms with Crippen LogP contribution in [0.5, 0.6) is 5.75 Å². The maximum absolute atomic E-state index is 12.7. The number of benzene rings is 1. The Balaban J connectivity index is 1.76. The SMILES string of the molecule is CC(C)Oc1ccccc1-c1nc2c3c4c(sc3[nH]c(=O)n2n1)COC(C)(C)C4. The molecule has 7 nitrogen and oxygen atoms in total. The Morgan fingerprint density at radius 2 is 2.10 bits per heavy atom. The number of fused-ring (bicyclic) bond motifs is 5. The summed E-state index contributed by atoms with van der Waals surface area (Å²) >= 11 is 1.56. The second-order valence-corrected chi connectivity index (χ2v) is 9.30.